The average molecular weight is 294 g/mol. The maximum atomic E-state index is 12.3. The minimum Gasteiger partial charge on any atom is -0.497 e. The number of hydrogen-bond acceptors (Lipinski definition) is 4. The highest BCUT2D eigenvalue weighted by molar-refractivity contribution is 5.99. The Morgan fingerprint density at radius 3 is 2.48 bits per heavy atom. The number of ether oxygens (including phenoxy) is 1. The molecule has 1 unspecified atom stereocenters. The summed E-state index contributed by atoms with van der Waals surface area (Å²) in [5.41, 5.74) is 6.00. The van der Waals surface area contributed by atoms with E-state index in [1.54, 1.807) is 12.1 Å². The van der Waals surface area contributed by atoms with Crippen LogP contribution in [0.2, 0.25) is 0 Å². The number of anilines is 1. The van der Waals surface area contributed by atoms with E-state index in [1.807, 2.05) is 20.8 Å². The topological polar surface area (TPSA) is 102 Å². The first-order chi connectivity index (χ1) is 9.65. The van der Waals surface area contributed by atoms with Crippen LogP contribution in [-0.2, 0) is 4.79 Å². The normalized spacial score (nSPS) is 12.6. The van der Waals surface area contributed by atoms with Gasteiger partial charge in [-0.15, -0.1) is 0 Å². The van der Waals surface area contributed by atoms with Gasteiger partial charge in [-0.1, -0.05) is 20.8 Å². The van der Waals surface area contributed by atoms with Gasteiger partial charge in [-0.3, -0.25) is 9.59 Å². The molecule has 1 rings (SSSR count). The van der Waals surface area contributed by atoms with Crippen molar-refractivity contribution < 1.29 is 19.4 Å². The first-order valence-electron chi connectivity index (χ1n) is 6.61. The van der Waals surface area contributed by atoms with Crippen LogP contribution < -0.4 is 15.8 Å². The summed E-state index contributed by atoms with van der Waals surface area (Å²) in [6.45, 7) is 5.61. The Morgan fingerprint density at radius 2 is 2.00 bits per heavy atom. The summed E-state index contributed by atoms with van der Waals surface area (Å²) in [5.74, 6) is -0.860. The van der Waals surface area contributed by atoms with Crippen molar-refractivity contribution in [3.8, 4) is 5.75 Å². The summed E-state index contributed by atoms with van der Waals surface area (Å²) in [4.78, 5) is 23.3. The predicted molar refractivity (Wildman–Crippen MR) is 80.4 cm³/mol. The number of rotatable bonds is 5. The van der Waals surface area contributed by atoms with Crippen LogP contribution in [-0.4, -0.2) is 30.1 Å². The summed E-state index contributed by atoms with van der Waals surface area (Å²) in [7, 11) is 1.50. The molecule has 0 aliphatic carbocycles. The smallest absolute Gasteiger partial charge is 0.305 e. The zero-order valence-corrected chi connectivity index (χ0v) is 12.8. The van der Waals surface area contributed by atoms with Gasteiger partial charge in [0.1, 0.15) is 5.75 Å². The lowest BCUT2D eigenvalue weighted by Gasteiger charge is -2.30. The highest BCUT2D eigenvalue weighted by atomic mass is 16.5. The van der Waals surface area contributed by atoms with Gasteiger partial charge in [0, 0.05) is 11.7 Å². The molecule has 6 nitrogen and oxygen atoms in total. The molecule has 1 aromatic rings. The van der Waals surface area contributed by atoms with Crippen LogP contribution in [0.3, 0.4) is 0 Å². The summed E-state index contributed by atoms with van der Waals surface area (Å²) in [5, 5.41) is 11.7. The Balaban J connectivity index is 2.99. The molecular formula is C15H22N2O4. The van der Waals surface area contributed by atoms with E-state index in [0.717, 1.165) is 0 Å². The molecule has 6 heteroatoms. The van der Waals surface area contributed by atoms with Gasteiger partial charge < -0.3 is 20.9 Å². The van der Waals surface area contributed by atoms with Gasteiger partial charge in [-0.25, -0.2) is 0 Å². The second-order valence-electron chi connectivity index (χ2n) is 5.94. The van der Waals surface area contributed by atoms with Crippen LogP contribution in [0.4, 0.5) is 5.69 Å². The van der Waals surface area contributed by atoms with Crippen molar-refractivity contribution in [2.45, 2.75) is 33.2 Å². The summed E-state index contributed by atoms with van der Waals surface area (Å²) in [6, 6.07) is 4.26. The molecule has 0 saturated carbocycles. The highest BCUT2D eigenvalue weighted by Crippen LogP contribution is 2.24. The molecule has 0 spiro atoms. The SMILES string of the molecule is COc1ccc(N)c(C(=O)NC(CC(=O)O)C(C)(C)C)c1. The lowest BCUT2D eigenvalue weighted by molar-refractivity contribution is -0.138. The fourth-order valence-corrected chi connectivity index (χ4v) is 1.84. The van der Waals surface area contributed by atoms with Gasteiger partial charge in [0.2, 0.25) is 0 Å². The van der Waals surface area contributed by atoms with E-state index >= 15 is 0 Å². The maximum Gasteiger partial charge on any atom is 0.305 e. The summed E-state index contributed by atoms with van der Waals surface area (Å²) < 4.78 is 5.07. The number of aliphatic carboxylic acids is 1. The first-order valence-corrected chi connectivity index (χ1v) is 6.61. The second-order valence-corrected chi connectivity index (χ2v) is 5.94. The highest BCUT2D eigenvalue weighted by Gasteiger charge is 2.29. The van der Waals surface area contributed by atoms with Crippen LogP contribution in [0.25, 0.3) is 0 Å². The molecule has 0 fully saturated rings. The molecule has 0 aliphatic rings. The monoisotopic (exact) mass is 294 g/mol. The Kier molecular flexibility index (Phi) is 5.18. The van der Waals surface area contributed by atoms with Gasteiger partial charge in [0.15, 0.2) is 0 Å². The standard InChI is InChI=1S/C15H22N2O4/c1-15(2,3)12(8-13(18)19)17-14(20)10-7-9(21-4)5-6-11(10)16/h5-7,12H,8,16H2,1-4H3,(H,17,20)(H,18,19). The number of nitrogens with two attached hydrogens (primary N) is 1. The van der Waals surface area contributed by atoms with Gasteiger partial charge in [0.25, 0.3) is 5.91 Å². The van der Waals surface area contributed by atoms with Gasteiger partial charge in [-0.05, 0) is 23.6 Å². The number of methoxy groups -OCH3 is 1. The number of hydrogen-bond donors (Lipinski definition) is 3. The number of carbonyl (C=O) groups is 2. The second kappa shape index (κ2) is 6.47. The van der Waals surface area contributed by atoms with Gasteiger partial charge >= 0.3 is 5.97 Å². The Morgan fingerprint density at radius 1 is 1.38 bits per heavy atom. The van der Waals surface area contributed by atoms with Crippen molar-refractivity contribution in [1.29, 1.82) is 0 Å². The van der Waals surface area contributed by atoms with Crippen molar-refractivity contribution in [2.24, 2.45) is 5.41 Å². The Bertz CT molecular complexity index is 535. The molecule has 1 aromatic carbocycles. The minimum absolute atomic E-state index is 0.154. The Labute approximate surface area is 124 Å². The van der Waals surface area contributed by atoms with E-state index in [4.69, 9.17) is 15.6 Å². The molecule has 0 heterocycles. The Hall–Kier alpha value is -2.24. The van der Waals surface area contributed by atoms with Crippen molar-refractivity contribution in [2.75, 3.05) is 12.8 Å². The molecule has 1 amide bonds. The summed E-state index contributed by atoms with van der Waals surface area (Å²) >= 11 is 0. The van der Waals surface area contributed by atoms with E-state index in [2.05, 4.69) is 5.32 Å². The van der Waals surface area contributed by atoms with Gasteiger partial charge in [0.05, 0.1) is 19.1 Å². The van der Waals surface area contributed by atoms with Crippen molar-refractivity contribution in [1.82, 2.24) is 5.32 Å². The van der Waals surface area contributed by atoms with Crippen LogP contribution in [0, 0.1) is 5.41 Å². The molecule has 0 saturated heterocycles. The zero-order valence-electron chi connectivity index (χ0n) is 12.8. The zero-order chi connectivity index (χ0) is 16.2. The molecule has 0 aliphatic heterocycles. The van der Waals surface area contributed by atoms with Crippen LogP contribution in [0.1, 0.15) is 37.6 Å². The summed E-state index contributed by atoms with van der Waals surface area (Å²) in [6.07, 6.45) is -0.154. The number of carboxylic acid groups (broad SMARTS) is 1. The number of benzene rings is 1. The molecule has 0 radical (unpaired) electrons. The molecular weight excluding hydrogens is 272 g/mol. The predicted octanol–water partition coefficient (Wildman–Crippen LogP) is 1.90. The number of nitrogen functional groups attached to an aromatic ring is 1. The number of carbonyl (C=O) groups excluding carboxylic acids is 1. The van der Waals surface area contributed by atoms with Crippen LogP contribution >= 0.6 is 0 Å². The van der Waals surface area contributed by atoms with Crippen molar-refractivity contribution in [3.05, 3.63) is 23.8 Å². The minimum atomic E-state index is -0.964. The lowest BCUT2D eigenvalue weighted by Crippen LogP contribution is -2.45. The number of amides is 1. The quantitative estimate of drug-likeness (QED) is 0.720. The van der Waals surface area contributed by atoms with E-state index in [0.29, 0.717) is 11.4 Å². The fraction of sp³-hybridized carbons (Fsp3) is 0.467. The van der Waals surface area contributed by atoms with E-state index in [9.17, 15) is 9.59 Å². The fourth-order valence-electron chi connectivity index (χ4n) is 1.84. The van der Waals surface area contributed by atoms with Crippen molar-refractivity contribution in [3.63, 3.8) is 0 Å². The number of carboxylic acids is 1. The molecule has 0 aromatic heterocycles. The van der Waals surface area contributed by atoms with Crippen molar-refractivity contribution >= 4 is 17.6 Å². The lowest BCUT2D eigenvalue weighted by atomic mass is 9.84. The molecule has 116 valence electrons. The molecule has 1 atom stereocenters. The average Bonchev–Trinajstić information content (AvgIpc) is 2.36. The molecule has 21 heavy (non-hydrogen) atoms. The van der Waals surface area contributed by atoms with Gasteiger partial charge in [-0.2, -0.15) is 0 Å². The first kappa shape index (κ1) is 16.8. The van der Waals surface area contributed by atoms with Crippen LogP contribution in [0.15, 0.2) is 18.2 Å². The maximum absolute atomic E-state index is 12.3. The largest absolute Gasteiger partial charge is 0.497 e. The molecule has 4 N–H and O–H groups in total. The third-order valence-electron chi connectivity index (χ3n) is 3.23. The van der Waals surface area contributed by atoms with E-state index in [-0.39, 0.29) is 17.4 Å². The third-order valence-corrected chi connectivity index (χ3v) is 3.23. The van der Waals surface area contributed by atoms with E-state index in [1.165, 1.54) is 13.2 Å². The molecule has 0 bridgehead atoms. The third kappa shape index (κ3) is 4.66. The number of nitrogens with one attached hydrogen (secondary N) is 1. The van der Waals surface area contributed by atoms with Crippen LogP contribution in [0.5, 0.6) is 5.75 Å². The van der Waals surface area contributed by atoms with E-state index < -0.39 is 17.9 Å².